The lowest BCUT2D eigenvalue weighted by atomic mass is 10.0. The van der Waals surface area contributed by atoms with E-state index in [4.69, 9.17) is 0 Å². The van der Waals surface area contributed by atoms with Crippen LogP contribution in [0.15, 0.2) is 0 Å². The Labute approximate surface area is 110 Å². The third-order valence-electron chi connectivity index (χ3n) is 4.25. The topological polar surface area (TPSA) is 0 Å². The summed E-state index contributed by atoms with van der Waals surface area (Å²) in [5, 5.41) is 0. The summed E-state index contributed by atoms with van der Waals surface area (Å²) in [5.41, 5.74) is 0. The van der Waals surface area contributed by atoms with Crippen molar-refractivity contribution in [3.8, 4) is 0 Å². The first-order valence-corrected chi connectivity index (χ1v) is 8.50. The van der Waals surface area contributed by atoms with E-state index in [0.29, 0.717) is 0 Å². The van der Waals surface area contributed by atoms with Crippen molar-refractivity contribution < 1.29 is 0 Å². The molecule has 2 aliphatic rings. The molecule has 0 nitrogen and oxygen atoms in total. The first-order valence-electron chi connectivity index (χ1n) is 8.50. The molecule has 0 bridgehead atoms. The average Bonchev–Trinajstić information content (AvgIpc) is 2.43. The van der Waals surface area contributed by atoms with Crippen LogP contribution in [-0.2, 0) is 0 Å². The fourth-order valence-electron chi connectivity index (χ4n) is 3.01. The summed E-state index contributed by atoms with van der Waals surface area (Å²) < 4.78 is 0. The standard InChI is InChI=1S/C9H18.C8H16/c1-2-4-6-8-9-7-5-3-1;1-2-4-6-8-7-5-3-1/h1-9H2;1-8H2. The summed E-state index contributed by atoms with van der Waals surface area (Å²) >= 11 is 0. The number of hydrogen-bond acceptors (Lipinski definition) is 0. The predicted molar refractivity (Wildman–Crippen MR) is 78.5 cm³/mol. The van der Waals surface area contributed by atoms with E-state index in [1.807, 2.05) is 0 Å². The van der Waals surface area contributed by atoms with Gasteiger partial charge in [0.2, 0.25) is 0 Å². The highest BCUT2D eigenvalue weighted by Crippen LogP contribution is 2.16. The third kappa shape index (κ3) is 10.9. The van der Waals surface area contributed by atoms with E-state index >= 15 is 0 Å². The van der Waals surface area contributed by atoms with Gasteiger partial charge in [0, 0.05) is 0 Å². The van der Waals surface area contributed by atoms with Crippen LogP contribution in [0.25, 0.3) is 0 Å². The van der Waals surface area contributed by atoms with E-state index in [0.717, 1.165) is 0 Å². The van der Waals surface area contributed by atoms with Crippen molar-refractivity contribution in [2.45, 2.75) is 109 Å². The van der Waals surface area contributed by atoms with Crippen LogP contribution in [-0.4, -0.2) is 0 Å². The van der Waals surface area contributed by atoms with Crippen LogP contribution in [0.3, 0.4) is 0 Å². The quantitative estimate of drug-likeness (QED) is 0.444. The van der Waals surface area contributed by atoms with Crippen LogP contribution in [0, 0.1) is 0 Å². The van der Waals surface area contributed by atoms with E-state index in [2.05, 4.69) is 0 Å². The summed E-state index contributed by atoms with van der Waals surface area (Å²) in [5.74, 6) is 0. The zero-order valence-corrected chi connectivity index (χ0v) is 12.0. The van der Waals surface area contributed by atoms with Gasteiger partial charge < -0.3 is 0 Å². The summed E-state index contributed by atoms with van der Waals surface area (Å²) in [7, 11) is 0. The molecule has 0 heteroatoms. The van der Waals surface area contributed by atoms with E-state index in [9.17, 15) is 0 Å². The molecule has 0 aromatic heterocycles. The molecule has 2 saturated carbocycles. The van der Waals surface area contributed by atoms with Crippen molar-refractivity contribution in [3.63, 3.8) is 0 Å². The Morgan fingerprint density at radius 2 is 0.176 bits per heavy atom. The molecule has 0 aromatic carbocycles. The Bertz CT molecular complexity index is 86.4. The second-order valence-corrected chi connectivity index (χ2v) is 6.01. The minimum atomic E-state index is 1.50. The van der Waals surface area contributed by atoms with Gasteiger partial charge >= 0.3 is 0 Å². The molecule has 2 fully saturated rings. The number of hydrogen-bond donors (Lipinski definition) is 0. The SMILES string of the molecule is C1CCCCCCC1.C1CCCCCCCC1. The molecule has 102 valence electrons. The molecule has 17 heavy (non-hydrogen) atoms. The average molecular weight is 238 g/mol. The molecular weight excluding hydrogens is 204 g/mol. The maximum Gasteiger partial charge on any atom is -0.0533 e. The highest BCUT2D eigenvalue weighted by Gasteiger charge is 1.96. The summed E-state index contributed by atoms with van der Waals surface area (Å²) in [6, 6.07) is 0. The Hall–Kier alpha value is 0. The molecule has 0 atom stereocenters. The highest BCUT2D eigenvalue weighted by molar-refractivity contribution is 4.52. The van der Waals surface area contributed by atoms with Gasteiger partial charge in [-0.1, -0.05) is 109 Å². The molecule has 0 spiro atoms. The maximum absolute atomic E-state index is 1.50. The zero-order valence-electron chi connectivity index (χ0n) is 12.0. The van der Waals surface area contributed by atoms with Gasteiger partial charge in [-0.2, -0.15) is 0 Å². The van der Waals surface area contributed by atoms with Crippen molar-refractivity contribution in [2.75, 3.05) is 0 Å². The van der Waals surface area contributed by atoms with Gasteiger partial charge in [0.15, 0.2) is 0 Å². The van der Waals surface area contributed by atoms with Crippen molar-refractivity contribution in [3.05, 3.63) is 0 Å². The molecule has 0 amide bonds. The Morgan fingerprint density at radius 3 is 0.235 bits per heavy atom. The molecule has 2 aliphatic carbocycles. The summed E-state index contributed by atoms with van der Waals surface area (Å²) in [4.78, 5) is 0. The van der Waals surface area contributed by atoms with Crippen LogP contribution in [0.1, 0.15) is 109 Å². The second kappa shape index (κ2) is 12.5. The Kier molecular flexibility index (Phi) is 11.0. The van der Waals surface area contributed by atoms with Crippen molar-refractivity contribution in [1.82, 2.24) is 0 Å². The van der Waals surface area contributed by atoms with Gasteiger partial charge in [0.25, 0.3) is 0 Å². The zero-order chi connectivity index (χ0) is 12.0. The minimum absolute atomic E-state index is 1.50. The van der Waals surface area contributed by atoms with Crippen LogP contribution >= 0.6 is 0 Å². The largest absolute Gasteiger partial charge is 0.0533 e. The highest BCUT2D eigenvalue weighted by atomic mass is 14.0. The first-order chi connectivity index (χ1) is 8.50. The molecule has 0 radical (unpaired) electrons. The lowest BCUT2D eigenvalue weighted by Crippen LogP contribution is -1.85. The van der Waals surface area contributed by atoms with Crippen molar-refractivity contribution >= 4 is 0 Å². The number of rotatable bonds is 0. The van der Waals surface area contributed by atoms with Gasteiger partial charge in [-0.05, 0) is 0 Å². The summed E-state index contributed by atoms with van der Waals surface area (Å²) in [6.07, 6.45) is 25.5. The molecule has 0 saturated heterocycles. The second-order valence-electron chi connectivity index (χ2n) is 6.01. The Balaban J connectivity index is 0.000000171. The van der Waals surface area contributed by atoms with Crippen LogP contribution in [0.4, 0.5) is 0 Å². The van der Waals surface area contributed by atoms with Gasteiger partial charge in [-0.25, -0.2) is 0 Å². The van der Waals surface area contributed by atoms with E-state index < -0.39 is 0 Å². The van der Waals surface area contributed by atoms with Crippen molar-refractivity contribution in [2.24, 2.45) is 0 Å². The molecule has 0 heterocycles. The monoisotopic (exact) mass is 238 g/mol. The van der Waals surface area contributed by atoms with E-state index in [1.54, 1.807) is 0 Å². The fraction of sp³-hybridized carbons (Fsp3) is 1.00. The van der Waals surface area contributed by atoms with Gasteiger partial charge in [-0.15, -0.1) is 0 Å². The first kappa shape index (κ1) is 15.1. The van der Waals surface area contributed by atoms with E-state index in [-0.39, 0.29) is 0 Å². The van der Waals surface area contributed by atoms with Crippen LogP contribution in [0.2, 0.25) is 0 Å². The normalized spacial score (nSPS) is 24.0. The lowest BCUT2D eigenvalue weighted by Gasteiger charge is -2.05. The maximum atomic E-state index is 1.50. The summed E-state index contributed by atoms with van der Waals surface area (Å²) in [6.45, 7) is 0. The fourth-order valence-corrected chi connectivity index (χ4v) is 3.01. The Morgan fingerprint density at radius 1 is 0.118 bits per heavy atom. The molecule has 0 aliphatic heterocycles. The minimum Gasteiger partial charge on any atom is -0.0533 e. The third-order valence-corrected chi connectivity index (χ3v) is 4.25. The molecule has 0 aromatic rings. The molecule has 0 N–H and O–H groups in total. The van der Waals surface area contributed by atoms with E-state index in [1.165, 1.54) is 109 Å². The lowest BCUT2D eigenvalue weighted by molar-refractivity contribution is 0.504. The van der Waals surface area contributed by atoms with Crippen molar-refractivity contribution in [1.29, 1.82) is 0 Å². The van der Waals surface area contributed by atoms with Crippen LogP contribution in [0.5, 0.6) is 0 Å². The van der Waals surface area contributed by atoms with Gasteiger partial charge in [-0.3, -0.25) is 0 Å². The molecule has 2 rings (SSSR count). The molecule has 0 unspecified atom stereocenters. The van der Waals surface area contributed by atoms with Gasteiger partial charge in [0.1, 0.15) is 0 Å². The van der Waals surface area contributed by atoms with Crippen LogP contribution < -0.4 is 0 Å². The smallest absolute Gasteiger partial charge is 0.0533 e. The predicted octanol–water partition coefficient (Wildman–Crippen LogP) is 6.63. The van der Waals surface area contributed by atoms with Gasteiger partial charge in [0.05, 0.1) is 0 Å². The molecular formula is C17H34.